The van der Waals surface area contributed by atoms with E-state index in [1.165, 1.54) is 45.2 Å². The summed E-state index contributed by atoms with van der Waals surface area (Å²) in [6, 6.07) is 0.863. The lowest BCUT2D eigenvalue weighted by Crippen LogP contribution is -2.40. The summed E-state index contributed by atoms with van der Waals surface area (Å²) in [6.45, 7) is 11.8. The van der Waals surface area contributed by atoms with E-state index >= 15 is 0 Å². The molecule has 0 spiro atoms. The molecule has 0 unspecified atom stereocenters. The third kappa shape index (κ3) is 3.79. The van der Waals surface area contributed by atoms with Gasteiger partial charge in [0.05, 0.1) is 0 Å². The Balaban J connectivity index is 2.57. The van der Waals surface area contributed by atoms with Gasteiger partial charge in [-0.25, -0.2) is 0 Å². The summed E-state index contributed by atoms with van der Waals surface area (Å²) in [4.78, 5) is 2.69. The van der Waals surface area contributed by atoms with Crippen LogP contribution in [-0.2, 0) is 0 Å². The van der Waals surface area contributed by atoms with Gasteiger partial charge < -0.3 is 4.90 Å². The first-order valence-electron chi connectivity index (χ1n) is 6.93. The van der Waals surface area contributed by atoms with Crippen LogP contribution in [0, 0.1) is 11.8 Å². The maximum atomic E-state index is 2.69. The van der Waals surface area contributed by atoms with Crippen molar-refractivity contribution < 1.29 is 0 Å². The van der Waals surface area contributed by atoms with Crippen molar-refractivity contribution in [1.29, 1.82) is 0 Å². The maximum Gasteiger partial charge on any atom is 0.0126 e. The molecule has 0 aliphatic heterocycles. The minimum Gasteiger partial charge on any atom is -0.301 e. The molecular formula is C14H29N. The molecule has 1 aliphatic carbocycles. The van der Waals surface area contributed by atoms with Crippen LogP contribution in [-0.4, -0.2) is 24.0 Å². The minimum absolute atomic E-state index is 0.844. The van der Waals surface area contributed by atoms with Crippen molar-refractivity contribution in [3.05, 3.63) is 0 Å². The zero-order chi connectivity index (χ0) is 11.3. The monoisotopic (exact) mass is 211 g/mol. The molecule has 0 aromatic rings. The highest BCUT2D eigenvalue weighted by Crippen LogP contribution is 2.33. The first-order chi connectivity index (χ1) is 7.19. The zero-order valence-electron chi connectivity index (χ0n) is 11.1. The van der Waals surface area contributed by atoms with Gasteiger partial charge in [0.1, 0.15) is 0 Å². The fourth-order valence-electron chi connectivity index (χ4n) is 3.16. The molecule has 1 heteroatoms. The van der Waals surface area contributed by atoms with E-state index in [9.17, 15) is 0 Å². The predicted molar refractivity (Wildman–Crippen MR) is 68.1 cm³/mol. The Hall–Kier alpha value is -0.0400. The number of hydrogen-bond acceptors (Lipinski definition) is 1. The van der Waals surface area contributed by atoms with Gasteiger partial charge in [-0.3, -0.25) is 0 Å². The first-order valence-corrected chi connectivity index (χ1v) is 6.93. The van der Waals surface area contributed by atoms with Gasteiger partial charge in [0, 0.05) is 6.04 Å². The normalized spacial score (nSPS) is 20.4. The Kier molecular flexibility index (Phi) is 5.66. The average Bonchev–Trinajstić information content (AvgIpc) is 2.70. The van der Waals surface area contributed by atoms with Crippen molar-refractivity contribution in [2.75, 3.05) is 13.1 Å². The summed E-state index contributed by atoms with van der Waals surface area (Å²) >= 11 is 0. The largest absolute Gasteiger partial charge is 0.301 e. The van der Waals surface area contributed by atoms with Gasteiger partial charge >= 0.3 is 0 Å². The van der Waals surface area contributed by atoms with E-state index in [1.807, 2.05) is 0 Å². The lowest BCUT2D eigenvalue weighted by Gasteiger charge is -2.35. The number of hydrogen-bond donors (Lipinski definition) is 0. The van der Waals surface area contributed by atoms with Gasteiger partial charge in [-0.15, -0.1) is 0 Å². The Bertz CT molecular complexity index is 153. The molecule has 0 aromatic heterocycles. The summed E-state index contributed by atoms with van der Waals surface area (Å²) in [5, 5.41) is 0. The molecule has 90 valence electrons. The van der Waals surface area contributed by atoms with Crippen molar-refractivity contribution in [2.45, 2.75) is 65.8 Å². The van der Waals surface area contributed by atoms with Crippen LogP contribution in [0.2, 0.25) is 0 Å². The van der Waals surface area contributed by atoms with E-state index in [2.05, 4.69) is 32.6 Å². The van der Waals surface area contributed by atoms with Gasteiger partial charge in [-0.1, -0.05) is 40.5 Å². The zero-order valence-corrected chi connectivity index (χ0v) is 11.1. The second kappa shape index (κ2) is 6.52. The molecule has 0 heterocycles. The van der Waals surface area contributed by atoms with Crippen molar-refractivity contribution in [3.63, 3.8) is 0 Å². The van der Waals surface area contributed by atoms with Gasteiger partial charge in [0.15, 0.2) is 0 Å². The summed E-state index contributed by atoms with van der Waals surface area (Å²) in [5.74, 6) is 1.84. The predicted octanol–water partition coefficient (Wildman–Crippen LogP) is 3.93. The van der Waals surface area contributed by atoms with E-state index in [4.69, 9.17) is 0 Å². The van der Waals surface area contributed by atoms with Crippen molar-refractivity contribution in [2.24, 2.45) is 11.8 Å². The second-order valence-electron chi connectivity index (χ2n) is 5.46. The number of nitrogens with zero attached hydrogens (tertiary/aromatic N) is 1. The standard InChI is InChI=1S/C14H29N/c1-5-15(6-2)14(11-12(3)4)13-9-7-8-10-13/h12-14H,5-11H2,1-4H3/t14-/m0/s1. The van der Waals surface area contributed by atoms with Crippen molar-refractivity contribution in [1.82, 2.24) is 4.90 Å². The summed E-state index contributed by atoms with van der Waals surface area (Å²) < 4.78 is 0. The van der Waals surface area contributed by atoms with Crippen LogP contribution in [0.3, 0.4) is 0 Å². The fraction of sp³-hybridized carbons (Fsp3) is 1.00. The summed E-state index contributed by atoms with van der Waals surface area (Å²) in [5.41, 5.74) is 0. The van der Waals surface area contributed by atoms with Gasteiger partial charge in [-0.2, -0.15) is 0 Å². The molecule has 1 atom stereocenters. The third-order valence-corrected chi connectivity index (χ3v) is 3.94. The second-order valence-corrected chi connectivity index (χ2v) is 5.46. The molecular weight excluding hydrogens is 182 g/mol. The highest BCUT2D eigenvalue weighted by Gasteiger charge is 2.28. The highest BCUT2D eigenvalue weighted by molar-refractivity contribution is 4.83. The highest BCUT2D eigenvalue weighted by atomic mass is 15.1. The summed E-state index contributed by atoms with van der Waals surface area (Å²) in [7, 11) is 0. The molecule has 1 nitrogen and oxygen atoms in total. The molecule has 1 saturated carbocycles. The van der Waals surface area contributed by atoms with E-state index in [1.54, 1.807) is 0 Å². The van der Waals surface area contributed by atoms with Crippen molar-refractivity contribution in [3.8, 4) is 0 Å². The van der Waals surface area contributed by atoms with E-state index < -0.39 is 0 Å². The van der Waals surface area contributed by atoms with Crippen LogP contribution in [0.15, 0.2) is 0 Å². The molecule has 0 bridgehead atoms. The molecule has 1 aliphatic rings. The molecule has 0 amide bonds. The SMILES string of the molecule is CCN(CC)[C@@H](CC(C)C)C1CCCC1. The van der Waals surface area contributed by atoms with Crippen molar-refractivity contribution >= 4 is 0 Å². The minimum atomic E-state index is 0.844. The van der Waals surface area contributed by atoms with Crippen LogP contribution in [0.4, 0.5) is 0 Å². The van der Waals surface area contributed by atoms with Crippen LogP contribution in [0.1, 0.15) is 59.8 Å². The summed E-state index contributed by atoms with van der Waals surface area (Å²) in [6.07, 6.45) is 7.30. The molecule has 0 N–H and O–H groups in total. The molecule has 1 rings (SSSR count). The van der Waals surface area contributed by atoms with Crippen LogP contribution in [0.5, 0.6) is 0 Å². The molecule has 15 heavy (non-hydrogen) atoms. The fourth-order valence-corrected chi connectivity index (χ4v) is 3.16. The first kappa shape index (κ1) is 13.0. The Morgan fingerprint density at radius 2 is 1.60 bits per heavy atom. The Labute approximate surface area is 96.2 Å². The van der Waals surface area contributed by atoms with Gasteiger partial charge in [-0.05, 0) is 44.2 Å². The average molecular weight is 211 g/mol. The lowest BCUT2D eigenvalue weighted by molar-refractivity contribution is 0.134. The van der Waals surface area contributed by atoms with Crippen LogP contribution < -0.4 is 0 Å². The topological polar surface area (TPSA) is 3.24 Å². The molecule has 0 radical (unpaired) electrons. The van der Waals surface area contributed by atoms with E-state index in [0.717, 1.165) is 17.9 Å². The van der Waals surface area contributed by atoms with Crippen LogP contribution in [0.25, 0.3) is 0 Å². The molecule has 0 aromatic carbocycles. The van der Waals surface area contributed by atoms with Gasteiger partial charge in [0.2, 0.25) is 0 Å². The maximum absolute atomic E-state index is 2.69. The number of rotatable bonds is 6. The lowest BCUT2D eigenvalue weighted by atomic mass is 9.89. The molecule has 1 fully saturated rings. The van der Waals surface area contributed by atoms with Gasteiger partial charge in [0.25, 0.3) is 0 Å². The Morgan fingerprint density at radius 1 is 1.07 bits per heavy atom. The van der Waals surface area contributed by atoms with E-state index in [0.29, 0.717) is 0 Å². The van der Waals surface area contributed by atoms with E-state index in [-0.39, 0.29) is 0 Å². The quantitative estimate of drug-likeness (QED) is 0.643. The van der Waals surface area contributed by atoms with Crippen LogP contribution >= 0.6 is 0 Å². The molecule has 0 saturated heterocycles. The Morgan fingerprint density at radius 3 is 2.00 bits per heavy atom. The third-order valence-electron chi connectivity index (χ3n) is 3.94. The smallest absolute Gasteiger partial charge is 0.0126 e.